The van der Waals surface area contributed by atoms with E-state index in [1.54, 1.807) is 12.1 Å². The molecule has 0 saturated carbocycles. The van der Waals surface area contributed by atoms with Crippen molar-refractivity contribution in [3.05, 3.63) is 34.6 Å². The molecule has 0 atom stereocenters. The van der Waals surface area contributed by atoms with E-state index in [4.69, 9.17) is 4.74 Å². The Morgan fingerprint density at radius 3 is 2.72 bits per heavy atom. The van der Waals surface area contributed by atoms with Crippen LogP contribution in [0.1, 0.15) is 25.0 Å². The quantitative estimate of drug-likeness (QED) is 0.623. The number of hydrogen-bond acceptors (Lipinski definition) is 2. The Morgan fingerprint density at radius 1 is 1.44 bits per heavy atom. The zero-order valence-corrected chi connectivity index (χ0v) is 10.9. The van der Waals surface area contributed by atoms with Crippen LogP contribution in [-0.4, -0.2) is 20.1 Å². The number of amides is 1. The second-order valence-corrected chi connectivity index (χ2v) is 4.24. The third-order valence-corrected chi connectivity index (χ3v) is 2.45. The van der Waals surface area contributed by atoms with Crippen molar-refractivity contribution in [1.82, 2.24) is 5.32 Å². The Labute approximate surface area is 107 Å². The van der Waals surface area contributed by atoms with Crippen LogP contribution in [0.25, 0.3) is 6.08 Å². The zero-order valence-electron chi connectivity index (χ0n) is 10.9. The van der Waals surface area contributed by atoms with Gasteiger partial charge in [0, 0.05) is 6.54 Å². The summed E-state index contributed by atoms with van der Waals surface area (Å²) in [4.78, 5) is 10.1. The SMILES string of the molecule is COc1cc(CCNC=O)cc(F)c1C=C(C)C. The number of rotatable bonds is 6. The topological polar surface area (TPSA) is 38.3 Å². The fraction of sp³-hybridized carbons (Fsp3) is 0.357. The van der Waals surface area contributed by atoms with Crippen molar-refractivity contribution in [2.45, 2.75) is 20.3 Å². The molecule has 0 aliphatic heterocycles. The number of hydrogen-bond donors (Lipinski definition) is 1. The zero-order chi connectivity index (χ0) is 13.5. The van der Waals surface area contributed by atoms with Crippen LogP contribution in [0.15, 0.2) is 17.7 Å². The summed E-state index contributed by atoms with van der Waals surface area (Å²) in [5.74, 6) is 0.203. The molecular weight excluding hydrogens is 233 g/mol. The first-order valence-corrected chi connectivity index (χ1v) is 5.76. The maximum atomic E-state index is 14.0. The van der Waals surface area contributed by atoms with Gasteiger partial charge in [-0.1, -0.05) is 5.57 Å². The van der Waals surface area contributed by atoms with Gasteiger partial charge in [-0.05, 0) is 44.0 Å². The lowest BCUT2D eigenvalue weighted by Crippen LogP contribution is -2.14. The molecule has 98 valence electrons. The average molecular weight is 251 g/mol. The highest BCUT2D eigenvalue weighted by Gasteiger charge is 2.09. The van der Waals surface area contributed by atoms with E-state index in [2.05, 4.69) is 5.32 Å². The highest BCUT2D eigenvalue weighted by Crippen LogP contribution is 2.26. The molecule has 1 aromatic carbocycles. The van der Waals surface area contributed by atoms with Crippen LogP contribution in [-0.2, 0) is 11.2 Å². The van der Waals surface area contributed by atoms with Gasteiger partial charge in [-0.15, -0.1) is 0 Å². The van der Waals surface area contributed by atoms with Crippen LogP contribution < -0.4 is 10.1 Å². The summed E-state index contributed by atoms with van der Waals surface area (Å²) >= 11 is 0. The van der Waals surface area contributed by atoms with E-state index in [0.29, 0.717) is 30.7 Å². The van der Waals surface area contributed by atoms with E-state index in [0.717, 1.165) is 11.1 Å². The van der Waals surface area contributed by atoms with Gasteiger partial charge in [0.25, 0.3) is 0 Å². The van der Waals surface area contributed by atoms with Gasteiger partial charge < -0.3 is 10.1 Å². The van der Waals surface area contributed by atoms with Crippen LogP contribution in [0, 0.1) is 5.82 Å². The molecule has 4 heteroatoms. The Morgan fingerprint density at radius 2 is 2.17 bits per heavy atom. The Balaban J connectivity index is 3.02. The molecule has 0 radical (unpaired) electrons. The summed E-state index contributed by atoms with van der Waals surface area (Å²) in [6.07, 6.45) is 2.95. The van der Waals surface area contributed by atoms with E-state index >= 15 is 0 Å². The lowest BCUT2D eigenvalue weighted by molar-refractivity contribution is -0.109. The van der Waals surface area contributed by atoms with Crippen LogP contribution in [0.2, 0.25) is 0 Å². The molecule has 0 fully saturated rings. The van der Waals surface area contributed by atoms with Gasteiger partial charge in [-0.2, -0.15) is 0 Å². The molecule has 0 bridgehead atoms. The highest BCUT2D eigenvalue weighted by molar-refractivity contribution is 5.60. The van der Waals surface area contributed by atoms with Crippen LogP contribution in [0.3, 0.4) is 0 Å². The average Bonchev–Trinajstić information content (AvgIpc) is 2.32. The summed E-state index contributed by atoms with van der Waals surface area (Å²) in [6.45, 7) is 4.29. The Bertz CT molecular complexity index is 451. The van der Waals surface area contributed by atoms with Crippen molar-refractivity contribution in [3.8, 4) is 5.75 Å². The van der Waals surface area contributed by atoms with Gasteiger partial charge in [0.1, 0.15) is 11.6 Å². The van der Waals surface area contributed by atoms with Gasteiger partial charge in [0.2, 0.25) is 6.41 Å². The van der Waals surface area contributed by atoms with Gasteiger partial charge in [0.05, 0.1) is 12.7 Å². The van der Waals surface area contributed by atoms with E-state index in [1.165, 1.54) is 13.2 Å². The molecule has 3 nitrogen and oxygen atoms in total. The third-order valence-electron chi connectivity index (χ3n) is 2.45. The largest absolute Gasteiger partial charge is 0.496 e. The van der Waals surface area contributed by atoms with Gasteiger partial charge in [-0.3, -0.25) is 4.79 Å². The predicted octanol–water partition coefficient (Wildman–Crippen LogP) is 2.55. The van der Waals surface area contributed by atoms with Crippen molar-refractivity contribution in [2.75, 3.05) is 13.7 Å². The van der Waals surface area contributed by atoms with Gasteiger partial charge in [0.15, 0.2) is 0 Å². The lowest BCUT2D eigenvalue weighted by Gasteiger charge is -2.10. The van der Waals surface area contributed by atoms with Crippen molar-refractivity contribution < 1.29 is 13.9 Å². The number of ether oxygens (including phenoxy) is 1. The molecule has 1 amide bonds. The molecule has 1 rings (SSSR count). The van der Waals surface area contributed by atoms with Crippen molar-refractivity contribution in [3.63, 3.8) is 0 Å². The molecule has 0 saturated heterocycles. The molecule has 0 heterocycles. The van der Waals surface area contributed by atoms with E-state index in [9.17, 15) is 9.18 Å². The van der Waals surface area contributed by atoms with Gasteiger partial charge >= 0.3 is 0 Å². The molecule has 0 aromatic heterocycles. The van der Waals surface area contributed by atoms with E-state index in [-0.39, 0.29) is 5.82 Å². The highest BCUT2D eigenvalue weighted by atomic mass is 19.1. The summed E-state index contributed by atoms with van der Waals surface area (Å²) in [7, 11) is 1.52. The van der Waals surface area contributed by atoms with Crippen molar-refractivity contribution in [2.24, 2.45) is 0 Å². The molecule has 0 spiro atoms. The number of methoxy groups -OCH3 is 1. The first-order valence-electron chi connectivity index (χ1n) is 5.76. The summed E-state index contributed by atoms with van der Waals surface area (Å²) in [5, 5.41) is 2.54. The van der Waals surface area contributed by atoms with Gasteiger partial charge in [-0.25, -0.2) is 4.39 Å². The van der Waals surface area contributed by atoms with E-state index < -0.39 is 0 Å². The molecule has 18 heavy (non-hydrogen) atoms. The standard InChI is InChI=1S/C14H18FNO2/c1-10(2)6-12-13(15)7-11(4-5-16-9-17)8-14(12)18-3/h6-9H,4-5H2,1-3H3,(H,16,17). The minimum Gasteiger partial charge on any atom is -0.496 e. The molecule has 1 aromatic rings. The number of allylic oxidation sites excluding steroid dienone is 1. The number of carbonyl (C=O) groups is 1. The fourth-order valence-electron chi connectivity index (χ4n) is 1.66. The third kappa shape index (κ3) is 3.87. The summed E-state index contributed by atoms with van der Waals surface area (Å²) in [6, 6.07) is 3.27. The summed E-state index contributed by atoms with van der Waals surface area (Å²) in [5.41, 5.74) is 2.26. The molecular formula is C14H18FNO2. The van der Waals surface area contributed by atoms with E-state index in [1.807, 2.05) is 13.8 Å². The number of carbonyl (C=O) groups excluding carboxylic acids is 1. The maximum Gasteiger partial charge on any atom is 0.207 e. The number of benzene rings is 1. The van der Waals surface area contributed by atoms with Crippen LogP contribution >= 0.6 is 0 Å². The Hall–Kier alpha value is -1.84. The second kappa shape index (κ2) is 6.79. The maximum absolute atomic E-state index is 14.0. The van der Waals surface area contributed by atoms with Crippen molar-refractivity contribution >= 4 is 12.5 Å². The minimum absolute atomic E-state index is 0.309. The first kappa shape index (κ1) is 14.2. The summed E-state index contributed by atoms with van der Waals surface area (Å²) < 4.78 is 19.2. The Kier molecular flexibility index (Phi) is 5.36. The number of nitrogens with one attached hydrogen (secondary N) is 1. The van der Waals surface area contributed by atoms with Crippen LogP contribution in [0.4, 0.5) is 4.39 Å². The number of halogens is 1. The molecule has 0 aliphatic carbocycles. The fourth-order valence-corrected chi connectivity index (χ4v) is 1.66. The lowest BCUT2D eigenvalue weighted by atomic mass is 10.0. The molecule has 0 unspecified atom stereocenters. The minimum atomic E-state index is -0.309. The second-order valence-electron chi connectivity index (χ2n) is 4.24. The normalized spacial score (nSPS) is 9.78. The van der Waals surface area contributed by atoms with Crippen LogP contribution in [0.5, 0.6) is 5.75 Å². The predicted molar refractivity (Wildman–Crippen MR) is 70.0 cm³/mol. The first-order chi connectivity index (χ1) is 8.58. The monoisotopic (exact) mass is 251 g/mol. The smallest absolute Gasteiger partial charge is 0.207 e. The molecule has 0 aliphatic rings. The van der Waals surface area contributed by atoms with Crippen molar-refractivity contribution in [1.29, 1.82) is 0 Å². The molecule has 1 N–H and O–H groups in total.